The Kier molecular flexibility index (Phi) is 2.36. The van der Waals surface area contributed by atoms with E-state index in [4.69, 9.17) is 0 Å². The molecule has 0 fully saturated rings. The molecule has 0 spiro atoms. The molecule has 1 aliphatic rings. The Bertz CT molecular complexity index is 535. The fraction of sp³-hybridized carbons (Fsp3) is 0.250. The third kappa shape index (κ3) is 1.80. The van der Waals surface area contributed by atoms with Crippen LogP contribution in [-0.4, -0.2) is 21.1 Å². The van der Waals surface area contributed by atoms with E-state index in [0.717, 1.165) is 12.8 Å². The lowest BCUT2D eigenvalue weighted by Crippen LogP contribution is -2.28. The van der Waals surface area contributed by atoms with Crippen LogP contribution >= 0.6 is 0 Å². The van der Waals surface area contributed by atoms with Gasteiger partial charge in [0, 0.05) is 0 Å². The summed E-state index contributed by atoms with van der Waals surface area (Å²) in [6.45, 7) is 0. The van der Waals surface area contributed by atoms with Gasteiger partial charge in [0.25, 0.3) is 5.91 Å². The van der Waals surface area contributed by atoms with Crippen LogP contribution in [0.25, 0.3) is 0 Å². The summed E-state index contributed by atoms with van der Waals surface area (Å²) in [4.78, 5) is 15.7. The maximum atomic E-state index is 11.8. The van der Waals surface area contributed by atoms with Crippen molar-refractivity contribution in [2.45, 2.75) is 18.9 Å². The van der Waals surface area contributed by atoms with E-state index in [0.29, 0.717) is 0 Å². The van der Waals surface area contributed by atoms with Crippen LogP contribution < -0.4 is 5.32 Å². The van der Waals surface area contributed by atoms with Crippen molar-refractivity contribution in [2.24, 2.45) is 0 Å². The standard InChI is InChI=1S/C12H12N4O/c17-12(11-13-7-14-16-11)15-10-6-5-8-3-1-2-4-9(8)10/h1-4,7,10H,5-6H2,(H,15,17)(H,13,14,16). The topological polar surface area (TPSA) is 70.7 Å². The van der Waals surface area contributed by atoms with Gasteiger partial charge in [-0.15, -0.1) is 0 Å². The van der Waals surface area contributed by atoms with Crippen molar-refractivity contribution < 1.29 is 4.79 Å². The molecule has 5 nitrogen and oxygen atoms in total. The molecule has 1 atom stereocenters. The normalized spacial score (nSPS) is 17.8. The number of aromatic amines is 1. The Morgan fingerprint density at radius 1 is 1.41 bits per heavy atom. The number of nitrogens with one attached hydrogen (secondary N) is 2. The highest BCUT2D eigenvalue weighted by molar-refractivity contribution is 5.90. The van der Waals surface area contributed by atoms with Gasteiger partial charge in [-0.05, 0) is 24.0 Å². The van der Waals surface area contributed by atoms with Gasteiger partial charge in [0.1, 0.15) is 6.33 Å². The molecule has 17 heavy (non-hydrogen) atoms. The summed E-state index contributed by atoms with van der Waals surface area (Å²) < 4.78 is 0. The van der Waals surface area contributed by atoms with Gasteiger partial charge in [0.15, 0.2) is 0 Å². The van der Waals surface area contributed by atoms with E-state index in [-0.39, 0.29) is 17.8 Å². The van der Waals surface area contributed by atoms with Gasteiger partial charge in [0.2, 0.25) is 5.82 Å². The van der Waals surface area contributed by atoms with Gasteiger partial charge in [-0.25, -0.2) is 4.98 Å². The van der Waals surface area contributed by atoms with Gasteiger partial charge in [-0.2, -0.15) is 5.10 Å². The molecule has 0 radical (unpaired) electrons. The van der Waals surface area contributed by atoms with Crippen LogP contribution in [0, 0.1) is 0 Å². The van der Waals surface area contributed by atoms with E-state index in [1.54, 1.807) is 0 Å². The number of aromatic nitrogens is 3. The van der Waals surface area contributed by atoms with Crippen LogP contribution in [-0.2, 0) is 6.42 Å². The second-order valence-electron chi connectivity index (χ2n) is 4.10. The SMILES string of the molecule is O=C(NC1CCc2ccccc21)c1ncn[nH]1. The van der Waals surface area contributed by atoms with Gasteiger partial charge in [-0.1, -0.05) is 24.3 Å². The summed E-state index contributed by atoms with van der Waals surface area (Å²) in [5.74, 6) is 0.0542. The number of benzene rings is 1. The van der Waals surface area contributed by atoms with E-state index in [1.807, 2.05) is 12.1 Å². The Hall–Kier alpha value is -2.17. The number of H-pyrrole nitrogens is 1. The highest BCUT2D eigenvalue weighted by Gasteiger charge is 2.24. The molecular formula is C12H12N4O. The average Bonchev–Trinajstić information content (AvgIpc) is 2.98. The number of nitrogens with zero attached hydrogens (tertiary/aromatic N) is 2. The molecule has 0 bridgehead atoms. The first-order valence-corrected chi connectivity index (χ1v) is 5.58. The van der Waals surface area contributed by atoms with Crippen molar-refractivity contribution in [1.82, 2.24) is 20.5 Å². The Morgan fingerprint density at radius 3 is 3.12 bits per heavy atom. The smallest absolute Gasteiger partial charge is 0.289 e. The van der Waals surface area contributed by atoms with E-state index >= 15 is 0 Å². The number of aryl methyl sites for hydroxylation is 1. The van der Waals surface area contributed by atoms with Gasteiger partial charge in [0.05, 0.1) is 6.04 Å². The number of rotatable bonds is 2. The number of hydrogen-bond acceptors (Lipinski definition) is 3. The molecule has 2 aromatic rings. The van der Waals surface area contributed by atoms with E-state index < -0.39 is 0 Å². The molecule has 0 saturated heterocycles. The number of fused-ring (bicyclic) bond motifs is 1. The van der Waals surface area contributed by atoms with Crippen molar-refractivity contribution in [3.63, 3.8) is 0 Å². The molecule has 1 aromatic carbocycles. The van der Waals surface area contributed by atoms with E-state index in [2.05, 4.69) is 32.6 Å². The van der Waals surface area contributed by atoms with Crippen LogP contribution in [0.5, 0.6) is 0 Å². The maximum absolute atomic E-state index is 11.8. The van der Waals surface area contributed by atoms with Crippen LogP contribution in [0.2, 0.25) is 0 Å². The molecule has 1 heterocycles. The highest BCUT2D eigenvalue weighted by Crippen LogP contribution is 2.30. The molecule has 1 aliphatic carbocycles. The van der Waals surface area contributed by atoms with Gasteiger partial charge >= 0.3 is 0 Å². The number of carbonyl (C=O) groups is 1. The monoisotopic (exact) mass is 228 g/mol. The first kappa shape index (κ1) is 10.0. The Labute approximate surface area is 98.3 Å². The zero-order valence-corrected chi connectivity index (χ0v) is 9.18. The van der Waals surface area contributed by atoms with Crippen LogP contribution in [0.3, 0.4) is 0 Å². The quantitative estimate of drug-likeness (QED) is 0.812. The molecule has 0 saturated carbocycles. The van der Waals surface area contributed by atoms with Crippen molar-refractivity contribution in [2.75, 3.05) is 0 Å². The Balaban J connectivity index is 1.78. The van der Waals surface area contributed by atoms with Crippen molar-refractivity contribution >= 4 is 5.91 Å². The summed E-state index contributed by atoms with van der Waals surface area (Å²) in [5, 5.41) is 9.19. The van der Waals surface area contributed by atoms with Crippen LogP contribution in [0.15, 0.2) is 30.6 Å². The third-order valence-electron chi connectivity index (χ3n) is 3.07. The maximum Gasteiger partial charge on any atom is 0.289 e. The lowest BCUT2D eigenvalue weighted by Gasteiger charge is -2.12. The number of hydrogen-bond donors (Lipinski definition) is 2. The first-order chi connectivity index (χ1) is 8.34. The number of amides is 1. The van der Waals surface area contributed by atoms with Crippen molar-refractivity contribution in [3.05, 3.63) is 47.5 Å². The predicted octanol–water partition coefficient (Wildman–Crippen LogP) is 1.22. The summed E-state index contributed by atoms with van der Waals surface area (Å²) in [6.07, 6.45) is 3.29. The minimum Gasteiger partial charge on any atom is -0.343 e. The zero-order valence-electron chi connectivity index (χ0n) is 9.18. The molecule has 86 valence electrons. The summed E-state index contributed by atoms with van der Waals surface area (Å²) in [7, 11) is 0. The largest absolute Gasteiger partial charge is 0.343 e. The minimum absolute atomic E-state index is 0.0869. The second kappa shape index (κ2) is 4.01. The lowest BCUT2D eigenvalue weighted by atomic mass is 10.1. The Morgan fingerprint density at radius 2 is 2.29 bits per heavy atom. The van der Waals surface area contributed by atoms with E-state index in [1.165, 1.54) is 17.5 Å². The van der Waals surface area contributed by atoms with Crippen molar-refractivity contribution in [1.29, 1.82) is 0 Å². The third-order valence-corrected chi connectivity index (χ3v) is 3.07. The molecule has 2 N–H and O–H groups in total. The highest BCUT2D eigenvalue weighted by atomic mass is 16.2. The lowest BCUT2D eigenvalue weighted by molar-refractivity contribution is 0.0926. The minimum atomic E-state index is -0.204. The molecule has 3 rings (SSSR count). The molecule has 1 aromatic heterocycles. The van der Waals surface area contributed by atoms with Crippen LogP contribution in [0.4, 0.5) is 0 Å². The summed E-state index contributed by atoms with van der Waals surface area (Å²) in [5.41, 5.74) is 2.52. The molecule has 5 heteroatoms. The summed E-state index contributed by atoms with van der Waals surface area (Å²) in [6, 6.07) is 8.28. The molecular weight excluding hydrogens is 216 g/mol. The molecule has 1 amide bonds. The second-order valence-corrected chi connectivity index (χ2v) is 4.10. The molecule has 0 aliphatic heterocycles. The summed E-state index contributed by atoms with van der Waals surface area (Å²) >= 11 is 0. The van der Waals surface area contributed by atoms with E-state index in [9.17, 15) is 4.79 Å². The zero-order chi connectivity index (χ0) is 11.7. The molecule has 1 unspecified atom stereocenters. The van der Waals surface area contributed by atoms with Gasteiger partial charge in [-0.3, -0.25) is 9.89 Å². The van der Waals surface area contributed by atoms with Gasteiger partial charge < -0.3 is 5.32 Å². The van der Waals surface area contributed by atoms with Crippen molar-refractivity contribution in [3.8, 4) is 0 Å². The average molecular weight is 228 g/mol. The number of carbonyl (C=O) groups excluding carboxylic acids is 1. The fourth-order valence-electron chi connectivity index (χ4n) is 2.25. The predicted molar refractivity (Wildman–Crippen MR) is 61.4 cm³/mol. The van der Waals surface area contributed by atoms with Crippen LogP contribution in [0.1, 0.15) is 34.2 Å². The first-order valence-electron chi connectivity index (χ1n) is 5.58. The fourth-order valence-corrected chi connectivity index (χ4v) is 2.25.